The van der Waals surface area contributed by atoms with Crippen molar-refractivity contribution >= 4 is 11.9 Å². The number of rotatable bonds is 5. The van der Waals surface area contributed by atoms with Crippen molar-refractivity contribution in [3.05, 3.63) is 72.8 Å². The Morgan fingerprint density at radius 2 is 1.71 bits per heavy atom. The number of para-hydroxylation sites is 2. The van der Waals surface area contributed by atoms with Gasteiger partial charge in [0.05, 0.1) is 5.69 Å². The lowest BCUT2D eigenvalue weighted by Gasteiger charge is -2.35. The van der Waals surface area contributed by atoms with Crippen LogP contribution >= 0.6 is 0 Å². The molecule has 144 valence electrons. The minimum atomic E-state index is -0.298. The molecule has 1 amide bonds. The molecule has 1 aliphatic rings. The van der Waals surface area contributed by atoms with Crippen LogP contribution in [0.2, 0.25) is 0 Å². The largest absolute Gasteiger partial charge is 0.484 e. The number of imidazole rings is 1. The average Bonchev–Trinajstić information content (AvgIpc) is 3.23. The Bertz CT molecular complexity index is 936. The van der Waals surface area contributed by atoms with Crippen LogP contribution in [0, 0.1) is 5.82 Å². The second-order valence-corrected chi connectivity index (χ2v) is 6.52. The van der Waals surface area contributed by atoms with Gasteiger partial charge in [0.15, 0.2) is 6.61 Å². The minimum absolute atomic E-state index is 0.0217. The number of ether oxygens (including phenoxy) is 1. The van der Waals surface area contributed by atoms with E-state index in [0.29, 0.717) is 43.6 Å². The summed E-state index contributed by atoms with van der Waals surface area (Å²) in [5, 5.41) is 0. The van der Waals surface area contributed by atoms with Gasteiger partial charge in [-0.25, -0.2) is 9.37 Å². The molecule has 2 aromatic carbocycles. The Kier molecular flexibility index (Phi) is 5.23. The number of hydrogen-bond donors (Lipinski definition) is 0. The van der Waals surface area contributed by atoms with Gasteiger partial charge >= 0.3 is 0 Å². The first-order valence-electron chi connectivity index (χ1n) is 9.21. The molecule has 0 radical (unpaired) electrons. The van der Waals surface area contributed by atoms with E-state index in [-0.39, 0.29) is 18.3 Å². The van der Waals surface area contributed by atoms with Crippen molar-refractivity contribution in [2.75, 3.05) is 37.7 Å². The summed E-state index contributed by atoms with van der Waals surface area (Å²) in [7, 11) is 0. The van der Waals surface area contributed by atoms with E-state index in [1.807, 2.05) is 30.3 Å². The molecule has 0 aliphatic carbocycles. The predicted molar refractivity (Wildman–Crippen MR) is 104 cm³/mol. The van der Waals surface area contributed by atoms with Crippen LogP contribution in [0.25, 0.3) is 5.69 Å². The predicted octanol–water partition coefficient (Wildman–Crippen LogP) is 2.74. The van der Waals surface area contributed by atoms with Gasteiger partial charge < -0.3 is 14.5 Å². The zero-order chi connectivity index (χ0) is 19.3. The molecule has 1 aromatic heterocycles. The molecular weight excluding hydrogens is 359 g/mol. The second kappa shape index (κ2) is 8.12. The third-order valence-electron chi connectivity index (χ3n) is 4.75. The second-order valence-electron chi connectivity index (χ2n) is 6.52. The van der Waals surface area contributed by atoms with E-state index in [0.717, 1.165) is 0 Å². The van der Waals surface area contributed by atoms with Crippen molar-refractivity contribution in [1.29, 1.82) is 0 Å². The SMILES string of the molecule is O=C(COc1ccccc1)N1CCN(c2nccn2-c2ccccc2F)CC1. The van der Waals surface area contributed by atoms with Crippen LogP contribution in [0.5, 0.6) is 5.75 Å². The van der Waals surface area contributed by atoms with Crippen molar-refractivity contribution in [3.8, 4) is 11.4 Å². The number of anilines is 1. The lowest BCUT2D eigenvalue weighted by atomic mass is 10.3. The van der Waals surface area contributed by atoms with Crippen LogP contribution < -0.4 is 9.64 Å². The molecule has 3 aromatic rings. The van der Waals surface area contributed by atoms with E-state index in [4.69, 9.17) is 4.74 Å². The van der Waals surface area contributed by atoms with Crippen LogP contribution in [0.4, 0.5) is 10.3 Å². The summed E-state index contributed by atoms with van der Waals surface area (Å²) >= 11 is 0. The summed E-state index contributed by atoms with van der Waals surface area (Å²) in [6.45, 7) is 2.42. The van der Waals surface area contributed by atoms with E-state index < -0.39 is 0 Å². The Balaban J connectivity index is 1.37. The molecule has 4 rings (SSSR count). The van der Waals surface area contributed by atoms with Crippen molar-refractivity contribution < 1.29 is 13.9 Å². The van der Waals surface area contributed by atoms with E-state index in [9.17, 15) is 9.18 Å². The van der Waals surface area contributed by atoms with Gasteiger partial charge in [-0.3, -0.25) is 9.36 Å². The van der Waals surface area contributed by atoms with Gasteiger partial charge in [0.25, 0.3) is 5.91 Å². The fourth-order valence-electron chi connectivity index (χ4n) is 3.27. The first-order valence-corrected chi connectivity index (χ1v) is 9.21. The Hall–Kier alpha value is -3.35. The highest BCUT2D eigenvalue weighted by Gasteiger charge is 2.24. The molecule has 28 heavy (non-hydrogen) atoms. The van der Waals surface area contributed by atoms with Crippen LogP contribution in [0.15, 0.2) is 67.0 Å². The maximum atomic E-state index is 14.2. The quantitative estimate of drug-likeness (QED) is 0.683. The normalized spacial score (nSPS) is 14.2. The van der Waals surface area contributed by atoms with E-state index in [2.05, 4.69) is 9.88 Å². The highest BCUT2D eigenvalue weighted by Crippen LogP contribution is 2.21. The van der Waals surface area contributed by atoms with Gasteiger partial charge in [-0.1, -0.05) is 30.3 Å². The van der Waals surface area contributed by atoms with Crippen molar-refractivity contribution in [2.24, 2.45) is 0 Å². The Morgan fingerprint density at radius 3 is 2.46 bits per heavy atom. The first-order chi connectivity index (χ1) is 13.7. The molecule has 1 saturated heterocycles. The van der Waals surface area contributed by atoms with Gasteiger partial charge in [-0.15, -0.1) is 0 Å². The van der Waals surface area contributed by atoms with E-state index in [1.165, 1.54) is 6.07 Å². The summed E-state index contributed by atoms with van der Waals surface area (Å²) in [5.74, 6) is 1.02. The molecule has 1 fully saturated rings. The number of hydrogen-bond acceptors (Lipinski definition) is 4. The van der Waals surface area contributed by atoms with Gasteiger partial charge in [-0.05, 0) is 24.3 Å². The molecular formula is C21H21FN4O2. The molecule has 7 heteroatoms. The number of aromatic nitrogens is 2. The number of carbonyl (C=O) groups is 1. The summed E-state index contributed by atoms with van der Waals surface area (Å²) in [4.78, 5) is 20.7. The van der Waals surface area contributed by atoms with Gasteiger partial charge in [0, 0.05) is 38.6 Å². The van der Waals surface area contributed by atoms with Crippen LogP contribution in [-0.4, -0.2) is 53.1 Å². The molecule has 0 unspecified atom stereocenters. The zero-order valence-electron chi connectivity index (χ0n) is 15.4. The number of benzene rings is 2. The molecule has 0 bridgehead atoms. The summed E-state index contributed by atoms with van der Waals surface area (Å²) in [5.41, 5.74) is 0.463. The number of nitrogens with zero attached hydrogens (tertiary/aromatic N) is 4. The molecule has 1 aliphatic heterocycles. The van der Waals surface area contributed by atoms with Crippen LogP contribution in [-0.2, 0) is 4.79 Å². The molecule has 0 spiro atoms. The van der Waals surface area contributed by atoms with Gasteiger partial charge in [0.1, 0.15) is 11.6 Å². The van der Waals surface area contributed by atoms with Crippen LogP contribution in [0.3, 0.4) is 0 Å². The van der Waals surface area contributed by atoms with Gasteiger partial charge in [0.2, 0.25) is 5.95 Å². The minimum Gasteiger partial charge on any atom is -0.484 e. The lowest BCUT2D eigenvalue weighted by molar-refractivity contribution is -0.133. The van der Waals surface area contributed by atoms with Gasteiger partial charge in [-0.2, -0.15) is 0 Å². The monoisotopic (exact) mass is 380 g/mol. The van der Waals surface area contributed by atoms with Crippen molar-refractivity contribution in [3.63, 3.8) is 0 Å². The standard InChI is InChI=1S/C21H21FN4O2/c22-18-8-4-5-9-19(18)26-11-10-23-21(26)25-14-12-24(13-15-25)20(27)16-28-17-6-2-1-3-7-17/h1-11H,12-16H2. The first kappa shape index (κ1) is 18.0. The average molecular weight is 380 g/mol. The van der Waals surface area contributed by atoms with E-state index >= 15 is 0 Å². The molecule has 0 saturated carbocycles. The molecule has 0 N–H and O–H groups in total. The fourth-order valence-corrected chi connectivity index (χ4v) is 3.27. The number of carbonyl (C=O) groups excluding carboxylic acids is 1. The number of piperazine rings is 1. The zero-order valence-corrected chi connectivity index (χ0v) is 15.4. The lowest BCUT2D eigenvalue weighted by Crippen LogP contribution is -2.50. The maximum absolute atomic E-state index is 14.2. The maximum Gasteiger partial charge on any atom is 0.260 e. The topological polar surface area (TPSA) is 50.6 Å². The Labute approximate surface area is 162 Å². The van der Waals surface area contributed by atoms with Crippen molar-refractivity contribution in [2.45, 2.75) is 0 Å². The number of amides is 1. The number of halogens is 1. The fraction of sp³-hybridized carbons (Fsp3) is 0.238. The van der Waals surface area contributed by atoms with Crippen molar-refractivity contribution in [1.82, 2.24) is 14.5 Å². The smallest absolute Gasteiger partial charge is 0.260 e. The molecule has 6 nitrogen and oxygen atoms in total. The molecule has 0 atom stereocenters. The molecule has 2 heterocycles. The summed E-state index contributed by atoms with van der Waals surface area (Å²) in [6, 6.07) is 15.9. The highest BCUT2D eigenvalue weighted by atomic mass is 19.1. The Morgan fingerprint density at radius 1 is 1.00 bits per heavy atom. The van der Waals surface area contributed by atoms with E-state index in [1.54, 1.807) is 40.1 Å². The third kappa shape index (κ3) is 3.83. The van der Waals surface area contributed by atoms with Crippen LogP contribution in [0.1, 0.15) is 0 Å². The summed E-state index contributed by atoms with van der Waals surface area (Å²) in [6.07, 6.45) is 3.41. The summed E-state index contributed by atoms with van der Waals surface area (Å²) < 4.78 is 21.4. The third-order valence-corrected chi connectivity index (χ3v) is 4.75. The highest BCUT2D eigenvalue weighted by molar-refractivity contribution is 5.78.